The number of hydrogen-bond donors (Lipinski definition) is 1. The van der Waals surface area contributed by atoms with Gasteiger partial charge in [0.15, 0.2) is 17.4 Å². The molecule has 0 heterocycles. The second kappa shape index (κ2) is 10.7. The topological polar surface area (TPSA) is 3.24 Å². The Bertz CT molecular complexity index is 87.7. The maximum Gasteiger partial charge on any atom is 0.187 e. The fourth-order valence-electron chi connectivity index (χ4n) is 0.494. The zero-order chi connectivity index (χ0) is 6.57. The molecule has 5 heteroatoms. The summed E-state index contributed by atoms with van der Waals surface area (Å²) in [6, 6.07) is 0. The van der Waals surface area contributed by atoms with E-state index in [1.165, 1.54) is 0 Å². The quantitative estimate of drug-likeness (QED) is 0.444. The molecular weight excluding hydrogens is 278 g/mol. The number of thiocarbonyl (C=S) groups is 1. The summed E-state index contributed by atoms with van der Waals surface area (Å²) >= 11 is 8.82. The molecule has 0 N–H and O–H groups in total. The van der Waals surface area contributed by atoms with E-state index >= 15 is 0 Å². The van der Waals surface area contributed by atoms with Gasteiger partial charge in [-0.05, 0) is 13.8 Å². The first-order chi connectivity index (χ1) is 3.72. The largest absolute Gasteiger partial charge is 0.358 e. The SMILES string of the molecule is CCN(CC)C(=S)S.[AlH3].[Cd]. The van der Waals surface area contributed by atoms with Crippen LogP contribution >= 0.6 is 24.8 Å². The molecule has 0 rings (SSSR count). The fraction of sp³-hybridized carbons (Fsp3) is 0.800. The van der Waals surface area contributed by atoms with E-state index in [-0.39, 0.29) is 44.7 Å². The molecule has 0 radical (unpaired) electrons. The second-order valence-electron chi connectivity index (χ2n) is 1.45. The van der Waals surface area contributed by atoms with Crippen LogP contribution in [-0.2, 0) is 27.3 Å². The van der Waals surface area contributed by atoms with Gasteiger partial charge in [0, 0.05) is 40.4 Å². The third-order valence-electron chi connectivity index (χ3n) is 1.03. The monoisotopic (exact) mass is 293 g/mol. The minimum absolute atomic E-state index is 0. The van der Waals surface area contributed by atoms with Crippen LogP contribution in [0.5, 0.6) is 0 Å². The number of nitrogens with zero attached hydrogens (tertiary/aromatic N) is 1. The van der Waals surface area contributed by atoms with Crippen LogP contribution in [0.4, 0.5) is 0 Å². The molecule has 0 bridgehead atoms. The zero-order valence-corrected chi connectivity index (χ0v) is 11.7. The van der Waals surface area contributed by atoms with E-state index in [1.807, 2.05) is 4.90 Å². The molecule has 0 aromatic heterocycles. The van der Waals surface area contributed by atoms with Crippen LogP contribution in [0.2, 0.25) is 0 Å². The molecule has 1 nitrogen and oxygen atoms in total. The number of rotatable bonds is 2. The summed E-state index contributed by atoms with van der Waals surface area (Å²) in [5.41, 5.74) is 0. The average Bonchev–Trinajstić information content (AvgIpc) is 1.69. The van der Waals surface area contributed by atoms with Crippen molar-refractivity contribution >= 4 is 46.5 Å². The van der Waals surface area contributed by atoms with Gasteiger partial charge in [-0.15, -0.1) is 12.6 Å². The van der Waals surface area contributed by atoms with Crippen molar-refractivity contribution in [3.63, 3.8) is 0 Å². The third-order valence-corrected chi connectivity index (χ3v) is 1.58. The second-order valence-corrected chi connectivity index (χ2v) is 2.57. The molecule has 0 aliphatic rings. The zero-order valence-electron chi connectivity index (χ0n) is 5.92. The molecule has 0 saturated carbocycles. The maximum absolute atomic E-state index is 4.81. The molecule has 0 aromatic rings. The van der Waals surface area contributed by atoms with E-state index in [0.29, 0.717) is 4.32 Å². The van der Waals surface area contributed by atoms with Crippen molar-refractivity contribution in [3.8, 4) is 0 Å². The normalized spacial score (nSPS) is 7.10. The first-order valence-electron chi connectivity index (χ1n) is 2.70. The first-order valence-corrected chi connectivity index (χ1v) is 3.55. The summed E-state index contributed by atoms with van der Waals surface area (Å²) in [6.45, 7) is 6.04. The van der Waals surface area contributed by atoms with Crippen LogP contribution in [0.3, 0.4) is 0 Å². The van der Waals surface area contributed by atoms with E-state index in [0.717, 1.165) is 13.1 Å². The van der Waals surface area contributed by atoms with Gasteiger partial charge in [0.25, 0.3) is 0 Å². The first kappa shape index (κ1) is 17.7. The van der Waals surface area contributed by atoms with E-state index in [9.17, 15) is 0 Å². The van der Waals surface area contributed by atoms with Gasteiger partial charge in [0.2, 0.25) is 0 Å². The van der Waals surface area contributed by atoms with Gasteiger partial charge in [-0.1, -0.05) is 12.2 Å². The van der Waals surface area contributed by atoms with Crippen molar-refractivity contribution in [2.24, 2.45) is 0 Å². The van der Waals surface area contributed by atoms with Crippen molar-refractivity contribution in [3.05, 3.63) is 0 Å². The van der Waals surface area contributed by atoms with E-state index in [1.54, 1.807) is 0 Å². The van der Waals surface area contributed by atoms with Gasteiger partial charge < -0.3 is 4.90 Å². The van der Waals surface area contributed by atoms with Gasteiger partial charge in [-0.25, -0.2) is 0 Å². The van der Waals surface area contributed by atoms with Gasteiger partial charge >= 0.3 is 0 Å². The van der Waals surface area contributed by atoms with Crippen LogP contribution in [0, 0.1) is 0 Å². The molecular formula is C5H14AlCdNS2. The molecule has 0 amide bonds. The molecule has 0 aromatic carbocycles. The Kier molecular flexibility index (Phi) is 18.9. The molecule has 0 saturated heterocycles. The minimum Gasteiger partial charge on any atom is -0.358 e. The van der Waals surface area contributed by atoms with Crippen molar-refractivity contribution in [1.29, 1.82) is 0 Å². The summed E-state index contributed by atoms with van der Waals surface area (Å²) in [5.74, 6) is 0. The molecule has 0 atom stereocenters. The van der Waals surface area contributed by atoms with E-state index in [4.69, 9.17) is 12.2 Å². The van der Waals surface area contributed by atoms with Crippen LogP contribution in [0.1, 0.15) is 13.8 Å². The Morgan fingerprint density at radius 1 is 1.40 bits per heavy atom. The molecule has 0 spiro atoms. The van der Waals surface area contributed by atoms with Gasteiger partial charge in [-0.2, -0.15) is 0 Å². The van der Waals surface area contributed by atoms with Gasteiger partial charge in [0.1, 0.15) is 4.32 Å². The fourth-order valence-corrected chi connectivity index (χ4v) is 1.04. The number of hydrogen-bond acceptors (Lipinski definition) is 1. The Balaban J connectivity index is -0.000000245. The molecule has 10 heavy (non-hydrogen) atoms. The van der Waals surface area contributed by atoms with Crippen LogP contribution in [0.15, 0.2) is 0 Å². The van der Waals surface area contributed by atoms with Crippen molar-refractivity contribution < 1.29 is 27.3 Å². The molecule has 0 unspecified atom stereocenters. The smallest absolute Gasteiger partial charge is 0.187 e. The Morgan fingerprint density at radius 2 is 1.70 bits per heavy atom. The Labute approximate surface area is 105 Å². The van der Waals surface area contributed by atoms with E-state index < -0.39 is 0 Å². The molecule has 0 fully saturated rings. The van der Waals surface area contributed by atoms with Crippen molar-refractivity contribution in [1.82, 2.24) is 4.90 Å². The molecule has 0 aliphatic carbocycles. The predicted octanol–water partition coefficient (Wildman–Crippen LogP) is 0.356. The predicted molar refractivity (Wildman–Crippen MR) is 54.4 cm³/mol. The minimum atomic E-state index is 0. The van der Waals surface area contributed by atoms with Crippen LogP contribution in [0.25, 0.3) is 0 Å². The van der Waals surface area contributed by atoms with Gasteiger partial charge in [-0.3, -0.25) is 0 Å². The van der Waals surface area contributed by atoms with Gasteiger partial charge in [0.05, 0.1) is 0 Å². The van der Waals surface area contributed by atoms with Crippen LogP contribution < -0.4 is 0 Å². The number of thiol groups is 1. The summed E-state index contributed by atoms with van der Waals surface area (Å²) in [6.07, 6.45) is 0. The average molecular weight is 292 g/mol. The van der Waals surface area contributed by atoms with Crippen molar-refractivity contribution in [2.45, 2.75) is 13.8 Å². The summed E-state index contributed by atoms with van der Waals surface area (Å²) in [7, 11) is 0. The standard InChI is InChI=1S/C5H11NS2.Al.Cd.3H/c1-3-6(4-2)5(7)8;;;;;/h3-4H2,1-2H3,(H,7,8);;;;;. The maximum atomic E-state index is 4.81. The summed E-state index contributed by atoms with van der Waals surface area (Å²) in [5, 5.41) is 0. The Morgan fingerprint density at radius 3 is 1.70 bits per heavy atom. The van der Waals surface area contributed by atoms with Crippen molar-refractivity contribution in [2.75, 3.05) is 13.1 Å². The Hall–Kier alpha value is 1.69. The summed E-state index contributed by atoms with van der Waals surface area (Å²) in [4.78, 5) is 2.01. The summed E-state index contributed by atoms with van der Waals surface area (Å²) < 4.78 is 0.690. The van der Waals surface area contributed by atoms with E-state index in [2.05, 4.69) is 26.5 Å². The molecule has 56 valence electrons. The third kappa shape index (κ3) is 7.80. The molecule has 0 aliphatic heterocycles. The van der Waals surface area contributed by atoms with Crippen LogP contribution in [-0.4, -0.2) is 39.7 Å².